The number of benzene rings is 1. The monoisotopic (exact) mass is 351 g/mol. The molecule has 0 aliphatic carbocycles. The summed E-state index contributed by atoms with van der Waals surface area (Å²) in [5, 5.41) is 13.4. The fourth-order valence-electron chi connectivity index (χ4n) is 3.49. The molecule has 5 nitrogen and oxygen atoms in total. The van der Waals surface area contributed by atoms with E-state index in [4.69, 9.17) is 14.2 Å². The van der Waals surface area contributed by atoms with Crippen molar-refractivity contribution < 1.29 is 19.3 Å². The first-order valence-electron chi connectivity index (χ1n) is 9.40. The molecule has 1 aromatic rings. The zero-order chi connectivity index (χ0) is 17.9. The van der Waals surface area contributed by atoms with Gasteiger partial charge in [0.05, 0.1) is 20.3 Å². The topological polar surface area (TPSA) is 60.0 Å². The SMILES string of the molecule is CCOCCC1CCNC(C(CO)COCc2ccccc2OC)C1. The van der Waals surface area contributed by atoms with Crippen LogP contribution < -0.4 is 10.1 Å². The molecule has 0 amide bonds. The molecule has 0 spiro atoms. The molecule has 0 bridgehead atoms. The molecular weight excluding hydrogens is 318 g/mol. The lowest BCUT2D eigenvalue weighted by Crippen LogP contribution is -2.46. The van der Waals surface area contributed by atoms with Crippen molar-refractivity contribution in [2.24, 2.45) is 11.8 Å². The van der Waals surface area contributed by atoms with Gasteiger partial charge in [0, 0.05) is 37.3 Å². The Bertz CT molecular complexity index is 483. The zero-order valence-corrected chi connectivity index (χ0v) is 15.6. The van der Waals surface area contributed by atoms with Gasteiger partial charge in [0.1, 0.15) is 5.75 Å². The molecule has 1 saturated heterocycles. The van der Waals surface area contributed by atoms with E-state index >= 15 is 0 Å². The molecule has 1 heterocycles. The van der Waals surface area contributed by atoms with Crippen LogP contribution in [0.4, 0.5) is 0 Å². The molecule has 3 unspecified atom stereocenters. The molecular formula is C20H33NO4. The number of methoxy groups -OCH3 is 1. The van der Waals surface area contributed by atoms with E-state index in [0.29, 0.717) is 25.2 Å². The lowest BCUT2D eigenvalue weighted by atomic mass is 9.84. The highest BCUT2D eigenvalue weighted by atomic mass is 16.5. The molecule has 0 saturated carbocycles. The van der Waals surface area contributed by atoms with Crippen LogP contribution in [0, 0.1) is 11.8 Å². The van der Waals surface area contributed by atoms with Gasteiger partial charge in [-0.05, 0) is 44.7 Å². The summed E-state index contributed by atoms with van der Waals surface area (Å²) in [4.78, 5) is 0. The van der Waals surface area contributed by atoms with Crippen molar-refractivity contribution in [2.45, 2.75) is 38.8 Å². The summed E-state index contributed by atoms with van der Waals surface area (Å²) in [6, 6.07) is 8.19. The van der Waals surface area contributed by atoms with Gasteiger partial charge in [-0.1, -0.05) is 18.2 Å². The maximum absolute atomic E-state index is 9.81. The van der Waals surface area contributed by atoms with Crippen LogP contribution in [-0.4, -0.2) is 51.2 Å². The molecule has 1 aliphatic rings. The molecule has 25 heavy (non-hydrogen) atoms. The Hall–Kier alpha value is -1.14. The van der Waals surface area contributed by atoms with Gasteiger partial charge in [-0.15, -0.1) is 0 Å². The van der Waals surface area contributed by atoms with Gasteiger partial charge in [0.2, 0.25) is 0 Å². The number of rotatable bonds is 11. The van der Waals surface area contributed by atoms with Crippen molar-refractivity contribution in [3.63, 3.8) is 0 Å². The van der Waals surface area contributed by atoms with E-state index in [2.05, 4.69) is 5.32 Å². The van der Waals surface area contributed by atoms with E-state index in [9.17, 15) is 5.11 Å². The summed E-state index contributed by atoms with van der Waals surface area (Å²) in [5.74, 6) is 1.63. The Balaban J connectivity index is 1.78. The minimum atomic E-state index is 0.115. The number of hydrogen-bond donors (Lipinski definition) is 2. The summed E-state index contributed by atoms with van der Waals surface area (Å²) in [6.45, 7) is 5.84. The van der Waals surface area contributed by atoms with Crippen molar-refractivity contribution in [1.29, 1.82) is 0 Å². The lowest BCUT2D eigenvalue weighted by molar-refractivity contribution is 0.0340. The van der Waals surface area contributed by atoms with E-state index in [0.717, 1.165) is 43.9 Å². The van der Waals surface area contributed by atoms with Crippen LogP contribution in [0.3, 0.4) is 0 Å². The van der Waals surface area contributed by atoms with E-state index in [1.807, 2.05) is 31.2 Å². The van der Waals surface area contributed by atoms with Crippen LogP contribution in [0.15, 0.2) is 24.3 Å². The lowest BCUT2D eigenvalue weighted by Gasteiger charge is -2.35. The molecule has 2 rings (SSSR count). The van der Waals surface area contributed by atoms with Gasteiger partial charge >= 0.3 is 0 Å². The fourth-order valence-corrected chi connectivity index (χ4v) is 3.49. The molecule has 5 heteroatoms. The van der Waals surface area contributed by atoms with Crippen molar-refractivity contribution >= 4 is 0 Å². The van der Waals surface area contributed by atoms with Crippen LogP contribution in [0.1, 0.15) is 31.7 Å². The first kappa shape index (κ1) is 20.2. The van der Waals surface area contributed by atoms with Crippen LogP contribution in [0.25, 0.3) is 0 Å². The number of piperidine rings is 1. The number of para-hydroxylation sites is 1. The van der Waals surface area contributed by atoms with Gasteiger partial charge in [-0.25, -0.2) is 0 Å². The van der Waals surface area contributed by atoms with E-state index in [-0.39, 0.29) is 12.5 Å². The first-order chi connectivity index (χ1) is 12.3. The third-order valence-corrected chi connectivity index (χ3v) is 5.01. The maximum atomic E-state index is 9.81. The summed E-state index contributed by atoms with van der Waals surface area (Å²) in [6.07, 6.45) is 3.37. The second-order valence-electron chi connectivity index (χ2n) is 6.71. The van der Waals surface area contributed by atoms with Gasteiger partial charge in [-0.2, -0.15) is 0 Å². The Morgan fingerprint density at radius 2 is 2.12 bits per heavy atom. The molecule has 1 aliphatic heterocycles. The summed E-state index contributed by atoms with van der Waals surface area (Å²) < 4.78 is 16.7. The number of aliphatic hydroxyl groups excluding tert-OH is 1. The Morgan fingerprint density at radius 1 is 1.28 bits per heavy atom. The number of ether oxygens (including phenoxy) is 3. The summed E-state index contributed by atoms with van der Waals surface area (Å²) in [5.41, 5.74) is 1.04. The predicted molar refractivity (Wildman–Crippen MR) is 98.9 cm³/mol. The largest absolute Gasteiger partial charge is 0.496 e. The quantitative estimate of drug-likeness (QED) is 0.600. The summed E-state index contributed by atoms with van der Waals surface area (Å²) >= 11 is 0. The minimum absolute atomic E-state index is 0.115. The molecule has 3 atom stereocenters. The fraction of sp³-hybridized carbons (Fsp3) is 0.700. The van der Waals surface area contributed by atoms with Gasteiger partial charge < -0.3 is 24.6 Å². The number of aliphatic hydroxyl groups is 1. The highest BCUT2D eigenvalue weighted by Crippen LogP contribution is 2.25. The molecule has 1 fully saturated rings. The molecule has 0 radical (unpaired) electrons. The van der Waals surface area contributed by atoms with Gasteiger partial charge in [-0.3, -0.25) is 0 Å². The number of hydrogen-bond acceptors (Lipinski definition) is 5. The first-order valence-corrected chi connectivity index (χ1v) is 9.40. The van der Waals surface area contributed by atoms with Crippen molar-refractivity contribution in [3.8, 4) is 5.75 Å². The maximum Gasteiger partial charge on any atom is 0.124 e. The van der Waals surface area contributed by atoms with E-state index in [1.54, 1.807) is 7.11 Å². The summed E-state index contributed by atoms with van der Waals surface area (Å²) in [7, 11) is 1.67. The van der Waals surface area contributed by atoms with Crippen LogP contribution in [0.5, 0.6) is 5.75 Å². The van der Waals surface area contributed by atoms with Crippen LogP contribution >= 0.6 is 0 Å². The van der Waals surface area contributed by atoms with Crippen molar-refractivity contribution in [1.82, 2.24) is 5.32 Å². The Kier molecular flexibility index (Phi) is 9.26. The van der Waals surface area contributed by atoms with Gasteiger partial charge in [0.25, 0.3) is 0 Å². The average Bonchev–Trinajstić information content (AvgIpc) is 2.66. The van der Waals surface area contributed by atoms with E-state index < -0.39 is 0 Å². The zero-order valence-electron chi connectivity index (χ0n) is 15.6. The van der Waals surface area contributed by atoms with Crippen molar-refractivity contribution in [2.75, 3.05) is 40.1 Å². The average molecular weight is 351 g/mol. The van der Waals surface area contributed by atoms with Gasteiger partial charge in [0.15, 0.2) is 0 Å². The molecule has 1 aromatic carbocycles. The molecule has 2 N–H and O–H groups in total. The van der Waals surface area contributed by atoms with E-state index in [1.165, 1.54) is 6.42 Å². The molecule has 142 valence electrons. The number of nitrogens with one attached hydrogen (secondary N) is 1. The third-order valence-electron chi connectivity index (χ3n) is 5.01. The van der Waals surface area contributed by atoms with Crippen molar-refractivity contribution in [3.05, 3.63) is 29.8 Å². The Morgan fingerprint density at radius 3 is 2.88 bits per heavy atom. The third kappa shape index (κ3) is 6.59. The van der Waals surface area contributed by atoms with Crippen LogP contribution in [0.2, 0.25) is 0 Å². The minimum Gasteiger partial charge on any atom is -0.496 e. The van der Waals surface area contributed by atoms with Crippen LogP contribution in [-0.2, 0) is 16.1 Å². The smallest absolute Gasteiger partial charge is 0.124 e. The predicted octanol–water partition coefficient (Wildman–Crippen LogP) is 2.62. The standard InChI is InChI=1S/C20H33NO4/c1-3-24-11-9-16-8-10-21-19(12-16)18(13-22)15-25-14-17-6-4-5-7-20(17)23-2/h4-7,16,18-19,21-22H,3,8-15H2,1-2H3. The molecule has 0 aromatic heterocycles. The normalized spacial score (nSPS) is 21.9. The highest BCUT2D eigenvalue weighted by Gasteiger charge is 2.27. The Labute approximate surface area is 151 Å². The highest BCUT2D eigenvalue weighted by molar-refractivity contribution is 5.32. The second-order valence-corrected chi connectivity index (χ2v) is 6.71. The second kappa shape index (κ2) is 11.5.